The molecule has 2 aliphatic rings. The highest BCUT2D eigenvalue weighted by Crippen LogP contribution is 2.47. The van der Waals surface area contributed by atoms with Gasteiger partial charge in [-0.1, -0.05) is 49.4 Å². The van der Waals surface area contributed by atoms with E-state index in [-0.39, 0.29) is 55.0 Å². The fourth-order valence-corrected chi connectivity index (χ4v) is 8.84. The second kappa shape index (κ2) is 13.8. The molecule has 40 heavy (non-hydrogen) atoms. The summed E-state index contributed by atoms with van der Waals surface area (Å²) >= 11 is 0. The normalized spacial score (nSPS) is 24.7. The molecule has 9 heteroatoms. The Morgan fingerprint density at radius 1 is 1.10 bits per heavy atom. The minimum absolute atomic E-state index is 0.00218. The van der Waals surface area contributed by atoms with Gasteiger partial charge in [0.05, 0.1) is 31.3 Å². The van der Waals surface area contributed by atoms with Gasteiger partial charge < -0.3 is 29.5 Å². The number of hydrogen-bond donors (Lipinski definition) is 3. The maximum absolute atomic E-state index is 15.6. The highest BCUT2D eigenvalue weighted by molar-refractivity contribution is 6.72. The molecule has 3 N–H and O–H groups in total. The number of aryl methyl sites for hydroxylation is 1. The number of carbonyl (C=O) groups is 2. The van der Waals surface area contributed by atoms with Crippen LogP contribution in [-0.4, -0.2) is 68.2 Å². The topological polar surface area (TPSA) is 90.9 Å². The highest BCUT2D eigenvalue weighted by atomic mass is 28.4. The number of hydrogen-bond acceptors (Lipinski definition) is 5. The number of benzene rings is 2. The average Bonchev–Trinajstić information content (AvgIpc) is 3.57. The van der Waals surface area contributed by atoms with E-state index in [1.54, 1.807) is 18.0 Å². The molecule has 2 saturated heterocycles. The molecule has 2 aliphatic heterocycles. The van der Waals surface area contributed by atoms with Crippen LogP contribution in [0.1, 0.15) is 43.7 Å². The smallest absolute Gasteiger partial charge is 0.246 e. The summed E-state index contributed by atoms with van der Waals surface area (Å²) in [5.41, 5.74) is 2.61. The van der Waals surface area contributed by atoms with Crippen LogP contribution in [0.25, 0.3) is 0 Å². The molecule has 0 aliphatic carbocycles. The lowest BCUT2D eigenvalue weighted by Gasteiger charge is -2.30. The second-order valence-electron chi connectivity index (χ2n) is 11.8. The third-order valence-corrected chi connectivity index (χ3v) is 10.8. The average molecular weight is 570 g/mol. The first-order valence-corrected chi connectivity index (χ1v) is 17.5. The molecule has 4 rings (SSSR count). The zero-order valence-corrected chi connectivity index (χ0v) is 24.9. The SMILES string of the molecule is C[C@@H]1[C@@H]([Si](C)(C)F)[C@H](CC(=O)N(CCO)Cc2ccccc2)O[C@@H]1CCc1ccc(NC(=O)[C@H]2CCCN2)cc1. The summed E-state index contributed by atoms with van der Waals surface area (Å²) in [5.74, 6) is -0.115. The Morgan fingerprint density at radius 3 is 2.45 bits per heavy atom. The molecule has 0 saturated carbocycles. The molecule has 0 spiro atoms. The van der Waals surface area contributed by atoms with Crippen LogP contribution in [0, 0.1) is 5.92 Å². The predicted octanol–water partition coefficient (Wildman–Crippen LogP) is 4.67. The highest BCUT2D eigenvalue weighted by Gasteiger charge is 2.51. The number of nitrogens with one attached hydrogen (secondary N) is 2. The van der Waals surface area contributed by atoms with Crippen molar-refractivity contribution in [3.05, 3.63) is 65.7 Å². The molecule has 0 radical (unpaired) electrons. The van der Waals surface area contributed by atoms with Crippen molar-refractivity contribution < 1.29 is 23.5 Å². The van der Waals surface area contributed by atoms with Crippen LogP contribution in [0.5, 0.6) is 0 Å². The molecule has 7 nitrogen and oxygen atoms in total. The molecule has 2 amide bonds. The first-order valence-electron chi connectivity index (χ1n) is 14.6. The van der Waals surface area contributed by atoms with Crippen LogP contribution in [0.2, 0.25) is 18.6 Å². The molecule has 218 valence electrons. The number of aliphatic hydroxyl groups excluding tert-OH is 1. The number of rotatable bonds is 12. The van der Waals surface area contributed by atoms with E-state index in [0.717, 1.165) is 49.0 Å². The summed E-state index contributed by atoms with van der Waals surface area (Å²) in [5, 5.41) is 15.8. The Balaban J connectivity index is 1.35. The summed E-state index contributed by atoms with van der Waals surface area (Å²) in [6, 6.07) is 17.4. The van der Waals surface area contributed by atoms with Gasteiger partial charge in [0.1, 0.15) is 0 Å². The monoisotopic (exact) mass is 569 g/mol. The minimum Gasteiger partial charge on any atom is -0.395 e. The molecule has 2 fully saturated rings. The van der Waals surface area contributed by atoms with Gasteiger partial charge in [-0.2, -0.15) is 0 Å². The number of nitrogens with zero attached hydrogens (tertiary/aromatic N) is 1. The van der Waals surface area contributed by atoms with Gasteiger partial charge in [0.25, 0.3) is 0 Å². The van der Waals surface area contributed by atoms with Gasteiger partial charge in [-0.25, -0.2) is 0 Å². The standard InChI is InChI=1S/C31H44FN3O4Si/c1-22-27(16-13-23-11-14-25(15-12-23)34-31(38)26-10-7-17-33-26)39-28(30(22)40(2,3)32)20-29(37)35(18-19-36)21-24-8-5-4-6-9-24/h4-6,8-9,11-12,14-15,22,26-28,30,33,36H,7,10,13,16-21H2,1-3H3,(H,34,38)/t22-,26+,27+,28-,30+/m0/s1. The molecule has 0 unspecified atom stereocenters. The molecular weight excluding hydrogens is 525 g/mol. The fourth-order valence-electron chi connectivity index (χ4n) is 6.30. The number of ether oxygens (including phenoxy) is 1. The summed E-state index contributed by atoms with van der Waals surface area (Å²) in [7, 11) is -3.12. The first kappa shape index (κ1) is 30.4. The lowest BCUT2D eigenvalue weighted by molar-refractivity contribution is -0.135. The van der Waals surface area contributed by atoms with Crippen molar-refractivity contribution in [1.29, 1.82) is 0 Å². The van der Waals surface area contributed by atoms with Gasteiger partial charge in [-0.3, -0.25) is 9.59 Å². The molecule has 2 heterocycles. The summed E-state index contributed by atoms with van der Waals surface area (Å²) in [4.78, 5) is 27.4. The molecular formula is C31H44FN3O4Si. The van der Waals surface area contributed by atoms with Crippen molar-refractivity contribution in [2.75, 3.05) is 25.0 Å². The number of anilines is 1. The Hall–Kier alpha value is -2.59. The van der Waals surface area contributed by atoms with Crippen LogP contribution >= 0.6 is 0 Å². The van der Waals surface area contributed by atoms with Crippen molar-refractivity contribution in [2.24, 2.45) is 5.92 Å². The van der Waals surface area contributed by atoms with Crippen molar-refractivity contribution >= 4 is 25.9 Å². The van der Waals surface area contributed by atoms with E-state index in [9.17, 15) is 14.7 Å². The van der Waals surface area contributed by atoms with Gasteiger partial charge in [-0.05, 0) is 74.5 Å². The van der Waals surface area contributed by atoms with Crippen molar-refractivity contribution in [1.82, 2.24) is 10.2 Å². The van der Waals surface area contributed by atoms with E-state index in [0.29, 0.717) is 6.54 Å². The van der Waals surface area contributed by atoms with Gasteiger partial charge in [0.2, 0.25) is 20.2 Å². The molecule has 0 aromatic heterocycles. The zero-order chi connectivity index (χ0) is 28.7. The number of carbonyl (C=O) groups excluding carboxylic acids is 2. The molecule has 0 bridgehead atoms. The van der Waals surface area contributed by atoms with Gasteiger partial charge in [0.15, 0.2) is 0 Å². The van der Waals surface area contributed by atoms with E-state index < -0.39 is 14.5 Å². The Morgan fingerprint density at radius 2 is 1.82 bits per heavy atom. The Bertz CT molecular complexity index is 1110. The predicted molar refractivity (Wildman–Crippen MR) is 158 cm³/mol. The summed E-state index contributed by atoms with van der Waals surface area (Å²) in [6.07, 6.45) is 2.88. The number of halogens is 1. The number of amides is 2. The minimum atomic E-state index is -3.12. The first-order chi connectivity index (χ1) is 19.2. The van der Waals surface area contributed by atoms with E-state index >= 15 is 4.11 Å². The quantitative estimate of drug-likeness (QED) is 0.255. The van der Waals surface area contributed by atoms with E-state index in [4.69, 9.17) is 4.74 Å². The van der Waals surface area contributed by atoms with Crippen LogP contribution in [-0.2, 0) is 27.3 Å². The maximum Gasteiger partial charge on any atom is 0.246 e. The summed E-state index contributed by atoms with van der Waals surface area (Å²) in [6.45, 7) is 6.86. The lowest BCUT2D eigenvalue weighted by atomic mass is 9.95. The van der Waals surface area contributed by atoms with Crippen LogP contribution < -0.4 is 10.6 Å². The van der Waals surface area contributed by atoms with E-state index in [1.807, 2.05) is 54.6 Å². The molecule has 2 aromatic carbocycles. The number of aliphatic hydroxyl groups is 1. The Labute approximate surface area is 238 Å². The lowest BCUT2D eigenvalue weighted by Crippen LogP contribution is -2.40. The Kier molecular flexibility index (Phi) is 10.5. The fraction of sp³-hybridized carbons (Fsp3) is 0.548. The van der Waals surface area contributed by atoms with Crippen LogP contribution in [0.15, 0.2) is 54.6 Å². The maximum atomic E-state index is 15.6. The van der Waals surface area contributed by atoms with Crippen molar-refractivity contribution in [3.63, 3.8) is 0 Å². The summed E-state index contributed by atoms with van der Waals surface area (Å²) < 4.78 is 22.0. The third kappa shape index (κ3) is 8.00. The van der Waals surface area contributed by atoms with Crippen LogP contribution in [0.3, 0.4) is 0 Å². The van der Waals surface area contributed by atoms with Crippen LogP contribution in [0.4, 0.5) is 9.80 Å². The third-order valence-electron chi connectivity index (χ3n) is 8.33. The van der Waals surface area contributed by atoms with Gasteiger partial charge in [0, 0.05) is 24.3 Å². The van der Waals surface area contributed by atoms with Gasteiger partial charge in [-0.15, -0.1) is 0 Å². The molecule has 5 atom stereocenters. The largest absolute Gasteiger partial charge is 0.395 e. The van der Waals surface area contributed by atoms with Gasteiger partial charge >= 0.3 is 0 Å². The molecule has 2 aromatic rings. The zero-order valence-electron chi connectivity index (χ0n) is 23.9. The second-order valence-corrected chi connectivity index (χ2v) is 15.6. The van der Waals surface area contributed by atoms with Crippen molar-refractivity contribution in [3.8, 4) is 0 Å². The van der Waals surface area contributed by atoms with E-state index in [2.05, 4.69) is 17.6 Å². The van der Waals surface area contributed by atoms with E-state index in [1.165, 1.54) is 0 Å². The van der Waals surface area contributed by atoms with Crippen molar-refractivity contribution in [2.45, 2.75) is 82.5 Å².